The summed E-state index contributed by atoms with van der Waals surface area (Å²) in [6.07, 6.45) is -1.76. The van der Waals surface area contributed by atoms with Crippen molar-refractivity contribution in [3.05, 3.63) is 65.9 Å². The summed E-state index contributed by atoms with van der Waals surface area (Å²) in [6, 6.07) is 11.0. The van der Waals surface area contributed by atoms with Crippen molar-refractivity contribution in [2.24, 2.45) is 5.92 Å². The molecule has 0 bridgehead atoms. The number of phenolic OH excluding ortho intramolecular Hbond substituents is 1. The lowest BCUT2D eigenvalue weighted by molar-refractivity contribution is -0.274. The number of carbonyl (C=O) groups is 2. The molecule has 3 aliphatic rings. The Labute approximate surface area is 214 Å². The predicted octanol–water partition coefficient (Wildman–Crippen LogP) is 5.04. The molecular weight excluding hydrogens is 505 g/mol. The summed E-state index contributed by atoms with van der Waals surface area (Å²) in [5, 5.41) is 18.7. The molecule has 3 atom stereocenters. The molecule has 2 fully saturated rings. The number of aromatic hydroxyl groups is 1. The molecule has 2 heterocycles. The third-order valence-corrected chi connectivity index (χ3v) is 7.01. The monoisotopic (exact) mass is 526 g/mol. The summed E-state index contributed by atoms with van der Waals surface area (Å²) >= 11 is 0. The number of ether oxygens (including phenoxy) is 2. The summed E-state index contributed by atoms with van der Waals surface area (Å²) in [7, 11) is 0. The number of fused-ring (bicyclic) bond motifs is 2. The fourth-order valence-electron chi connectivity index (χ4n) is 5.09. The van der Waals surface area contributed by atoms with Crippen molar-refractivity contribution in [2.75, 3.05) is 10.6 Å². The lowest BCUT2D eigenvalue weighted by Gasteiger charge is -2.20. The van der Waals surface area contributed by atoms with Gasteiger partial charge in [0.15, 0.2) is 0 Å². The second-order valence-electron chi connectivity index (χ2n) is 9.49. The van der Waals surface area contributed by atoms with E-state index in [-0.39, 0.29) is 29.2 Å². The highest BCUT2D eigenvalue weighted by Crippen LogP contribution is 2.77. The SMILES string of the molecule is O=C1CCc2c(Oc3ccc(O)c([C@@H]4[C@@H]5C[C@@]45NC(=O)Nc4cccc(OC(F)(F)F)c4)c3)ccnc2N1. The van der Waals surface area contributed by atoms with Crippen LogP contribution in [0.5, 0.6) is 23.0 Å². The van der Waals surface area contributed by atoms with E-state index in [9.17, 15) is 27.9 Å². The summed E-state index contributed by atoms with van der Waals surface area (Å²) in [5.74, 6) is 1.00. The number of nitrogens with zero attached hydrogens (tertiary/aromatic N) is 1. The van der Waals surface area contributed by atoms with Gasteiger partial charge in [-0.15, -0.1) is 13.2 Å². The number of hydrogen-bond acceptors (Lipinski definition) is 6. The van der Waals surface area contributed by atoms with Crippen LogP contribution in [-0.4, -0.2) is 33.9 Å². The van der Waals surface area contributed by atoms with E-state index in [1.54, 1.807) is 24.4 Å². The fourth-order valence-corrected chi connectivity index (χ4v) is 5.09. The van der Waals surface area contributed by atoms with E-state index in [0.29, 0.717) is 42.1 Å². The summed E-state index contributed by atoms with van der Waals surface area (Å²) in [6.45, 7) is 0. The van der Waals surface area contributed by atoms with E-state index in [1.165, 1.54) is 18.2 Å². The molecular formula is C26H21F3N4O5. The maximum atomic E-state index is 12.6. The van der Waals surface area contributed by atoms with E-state index >= 15 is 0 Å². The molecule has 2 aromatic carbocycles. The fraction of sp³-hybridized carbons (Fsp3) is 0.269. The number of phenols is 1. The first kappa shape index (κ1) is 23.9. The second kappa shape index (κ2) is 8.54. The molecule has 38 heavy (non-hydrogen) atoms. The molecule has 1 aromatic heterocycles. The molecule has 196 valence electrons. The van der Waals surface area contributed by atoms with Gasteiger partial charge in [0.1, 0.15) is 28.8 Å². The Balaban J connectivity index is 1.13. The number of urea groups is 1. The van der Waals surface area contributed by atoms with Crippen LogP contribution in [0.1, 0.15) is 29.9 Å². The molecule has 2 saturated carbocycles. The van der Waals surface area contributed by atoms with Crippen LogP contribution in [0.2, 0.25) is 0 Å². The van der Waals surface area contributed by atoms with E-state index in [4.69, 9.17) is 4.74 Å². The number of pyridine rings is 1. The smallest absolute Gasteiger partial charge is 0.508 e. The van der Waals surface area contributed by atoms with Crippen LogP contribution in [0.25, 0.3) is 0 Å². The van der Waals surface area contributed by atoms with Crippen LogP contribution >= 0.6 is 0 Å². The number of rotatable bonds is 6. The van der Waals surface area contributed by atoms with Crippen molar-refractivity contribution in [1.29, 1.82) is 0 Å². The highest BCUT2D eigenvalue weighted by atomic mass is 19.4. The molecule has 3 amide bonds. The Bertz CT molecular complexity index is 1460. The lowest BCUT2D eigenvalue weighted by atomic mass is 9.99. The minimum Gasteiger partial charge on any atom is -0.508 e. The van der Waals surface area contributed by atoms with Gasteiger partial charge in [0, 0.05) is 41.4 Å². The molecule has 12 heteroatoms. The first-order valence-electron chi connectivity index (χ1n) is 11.8. The molecule has 0 radical (unpaired) electrons. The second-order valence-corrected chi connectivity index (χ2v) is 9.49. The number of alkyl halides is 3. The van der Waals surface area contributed by atoms with Gasteiger partial charge in [0.2, 0.25) is 5.91 Å². The first-order valence-corrected chi connectivity index (χ1v) is 11.8. The summed E-state index contributed by atoms with van der Waals surface area (Å²) in [5.41, 5.74) is 1.01. The van der Waals surface area contributed by atoms with Gasteiger partial charge in [-0.25, -0.2) is 9.78 Å². The number of benzene rings is 2. The number of hydrogen-bond donors (Lipinski definition) is 4. The number of anilines is 2. The van der Waals surface area contributed by atoms with E-state index in [0.717, 1.165) is 17.7 Å². The third-order valence-electron chi connectivity index (χ3n) is 7.01. The normalized spacial score (nSPS) is 22.9. The average molecular weight is 526 g/mol. The van der Waals surface area contributed by atoms with Crippen LogP contribution in [0.15, 0.2) is 54.7 Å². The Morgan fingerprint density at radius 1 is 1.13 bits per heavy atom. The van der Waals surface area contributed by atoms with Gasteiger partial charge in [-0.05, 0) is 55.2 Å². The Morgan fingerprint density at radius 3 is 2.76 bits per heavy atom. The first-order chi connectivity index (χ1) is 18.1. The van der Waals surface area contributed by atoms with Gasteiger partial charge < -0.3 is 30.5 Å². The Kier molecular flexibility index (Phi) is 5.37. The Morgan fingerprint density at radius 2 is 1.97 bits per heavy atom. The molecule has 4 N–H and O–H groups in total. The molecule has 0 saturated heterocycles. The van der Waals surface area contributed by atoms with Crippen molar-refractivity contribution in [2.45, 2.75) is 37.1 Å². The number of carbonyl (C=O) groups excluding carboxylic acids is 2. The van der Waals surface area contributed by atoms with Gasteiger partial charge in [-0.2, -0.15) is 0 Å². The molecule has 2 aliphatic carbocycles. The van der Waals surface area contributed by atoms with Gasteiger partial charge in [-0.3, -0.25) is 4.79 Å². The van der Waals surface area contributed by atoms with Crippen molar-refractivity contribution < 1.29 is 37.3 Å². The van der Waals surface area contributed by atoms with E-state index in [1.807, 2.05) is 0 Å². The van der Waals surface area contributed by atoms with Gasteiger partial charge in [-0.1, -0.05) is 6.07 Å². The molecule has 1 aliphatic heterocycles. The van der Waals surface area contributed by atoms with Crippen molar-refractivity contribution >= 4 is 23.4 Å². The Hall–Kier alpha value is -4.48. The molecule has 6 rings (SSSR count). The van der Waals surface area contributed by atoms with Crippen LogP contribution in [0, 0.1) is 5.92 Å². The van der Waals surface area contributed by atoms with E-state index < -0.39 is 23.7 Å². The van der Waals surface area contributed by atoms with Crippen LogP contribution < -0.4 is 25.4 Å². The average Bonchev–Trinajstić information content (AvgIpc) is 3.70. The van der Waals surface area contributed by atoms with Gasteiger partial charge in [0.05, 0.1) is 5.54 Å². The largest absolute Gasteiger partial charge is 0.573 e. The van der Waals surface area contributed by atoms with Crippen molar-refractivity contribution in [1.82, 2.24) is 10.3 Å². The third kappa shape index (κ3) is 4.53. The number of amides is 3. The van der Waals surface area contributed by atoms with Crippen LogP contribution in [-0.2, 0) is 11.2 Å². The van der Waals surface area contributed by atoms with Gasteiger partial charge >= 0.3 is 12.4 Å². The molecule has 9 nitrogen and oxygen atoms in total. The number of halogens is 3. The standard InChI is InChI=1S/C26H21F3N4O5/c27-26(28,29)38-15-3-1-2-13(10-15)31-24(36)33-25-12-18(25)22(25)17-11-14(4-6-19(17)34)37-20-8-9-30-23-16(20)5-7-21(35)32-23/h1-4,6,8-11,18,22,34H,5,7,12H2,(H,30,32,35)(H2,31,33,36)/t18-,22+,25-/m0/s1. The maximum Gasteiger partial charge on any atom is 0.573 e. The highest BCUT2D eigenvalue weighted by Gasteiger charge is 2.80. The summed E-state index contributed by atoms with van der Waals surface area (Å²) < 4.78 is 47.4. The predicted molar refractivity (Wildman–Crippen MR) is 128 cm³/mol. The zero-order valence-electron chi connectivity index (χ0n) is 19.6. The highest BCUT2D eigenvalue weighted by molar-refractivity contribution is 5.93. The quantitative estimate of drug-likeness (QED) is 0.357. The van der Waals surface area contributed by atoms with Crippen molar-refractivity contribution in [3.63, 3.8) is 0 Å². The minimum absolute atomic E-state index is 0.0668. The topological polar surface area (TPSA) is 122 Å². The van der Waals surface area contributed by atoms with Crippen molar-refractivity contribution in [3.8, 4) is 23.0 Å². The zero-order chi connectivity index (χ0) is 26.7. The number of aromatic nitrogens is 1. The summed E-state index contributed by atoms with van der Waals surface area (Å²) in [4.78, 5) is 28.5. The van der Waals surface area contributed by atoms with Crippen LogP contribution in [0.3, 0.4) is 0 Å². The number of nitrogens with one attached hydrogen (secondary N) is 3. The molecule has 0 spiro atoms. The van der Waals surface area contributed by atoms with Gasteiger partial charge in [0.25, 0.3) is 0 Å². The lowest BCUT2D eigenvalue weighted by Crippen LogP contribution is -2.36. The maximum absolute atomic E-state index is 12.6. The molecule has 3 aromatic rings. The van der Waals surface area contributed by atoms with Crippen LogP contribution in [0.4, 0.5) is 29.5 Å². The van der Waals surface area contributed by atoms with E-state index in [2.05, 4.69) is 25.7 Å². The minimum atomic E-state index is -4.84. The zero-order valence-corrected chi connectivity index (χ0v) is 19.6. The molecule has 0 unspecified atom stereocenters.